The molecular weight excluding hydrogens is 388 g/mol. The average molecular weight is 415 g/mol. The number of nitrogens with two attached hydrogens (primary N) is 1. The highest BCUT2D eigenvalue weighted by atomic mass is 16.2. The van der Waals surface area contributed by atoms with Crippen LogP contribution in [0, 0.1) is 0 Å². The maximum absolute atomic E-state index is 13.1. The fourth-order valence-corrected chi connectivity index (χ4v) is 4.10. The summed E-state index contributed by atoms with van der Waals surface area (Å²) in [6.45, 7) is 0.828. The molecule has 3 aromatic rings. The van der Waals surface area contributed by atoms with Gasteiger partial charge < -0.3 is 21.3 Å². The van der Waals surface area contributed by atoms with Crippen molar-refractivity contribution in [3.63, 3.8) is 0 Å². The van der Waals surface area contributed by atoms with Crippen molar-refractivity contribution in [2.45, 2.75) is 18.5 Å². The average Bonchev–Trinajstić information content (AvgIpc) is 3.07. The summed E-state index contributed by atoms with van der Waals surface area (Å²) < 4.78 is 0. The lowest BCUT2D eigenvalue weighted by Gasteiger charge is -2.26. The Morgan fingerprint density at radius 3 is 2.55 bits per heavy atom. The summed E-state index contributed by atoms with van der Waals surface area (Å²) in [5, 5.41) is 6.51. The van der Waals surface area contributed by atoms with Crippen LogP contribution < -0.4 is 16.4 Å². The van der Waals surface area contributed by atoms with Gasteiger partial charge in [0, 0.05) is 23.5 Å². The van der Waals surface area contributed by atoms with E-state index in [0.29, 0.717) is 11.3 Å². The van der Waals surface area contributed by atoms with Crippen LogP contribution in [0.3, 0.4) is 0 Å². The Hall–Kier alpha value is -3.64. The van der Waals surface area contributed by atoms with Crippen LogP contribution in [0.2, 0.25) is 0 Å². The molecule has 31 heavy (non-hydrogen) atoms. The van der Waals surface area contributed by atoms with Gasteiger partial charge in [-0.25, -0.2) is 0 Å². The Morgan fingerprint density at radius 2 is 1.84 bits per heavy atom. The number of carbonyl (C=O) groups excluding carboxylic acids is 2. The lowest BCUT2D eigenvalue weighted by atomic mass is 9.87. The largest absolute Gasteiger partial charge is 0.377 e. The van der Waals surface area contributed by atoms with Gasteiger partial charge in [0.2, 0.25) is 11.8 Å². The summed E-state index contributed by atoms with van der Waals surface area (Å²) in [5.74, 6) is -1.07. The van der Waals surface area contributed by atoms with Gasteiger partial charge in [0.1, 0.15) is 0 Å². The molecule has 0 aromatic heterocycles. The molecule has 2 unspecified atom stereocenters. The number of hydrogen-bond acceptors (Lipinski definition) is 4. The number of nitrogens with one attached hydrogen (secondary N) is 2. The van der Waals surface area contributed by atoms with Gasteiger partial charge in [0.15, 0.2) is 0 Å². The van der Waals surface area contributed by atoms with Crippen molar-refractivity contribution in [2.75, 3.05) is 24.7 Å². The van der Waals surface area contributed by atoms with Gasteiger partial charge in [-0.05, 0) is 55.1 Å². The van der Waals surface area contributed by atoms with Gasteiger partial charge in [-0.15, -0.1) is 0 Å². The number of rotatable bonds is 7. The van der Waals surface area contributed by atoms with Crippen LogP contribution in [0.25, 0.3) is 0 Å². The highest BCUT2D eigenvalue weighted by molar-refractivity contribution is 6.05. The van der Waals surface area contributed by atoms with Crippen molar-refractivity contribution in [3.8, 4) is 0 Å². The third kappa shape index (κ3) is 4.44. The molecule has 0 aliphatic carbocycles. The second-order valence-corrected chi connectivity index (χ2v) is 8.10. The van der Waals surface area contributed by atoms with E-state index < -0.39 is 11.8 Å². The highest BCUT2D eigenvalue weighted by Crippen LogP contribution is 2.42. The second-order valence-electron chi connectivity index (χ2n) is 8.10. The molecule has 1 aliphatic rings. The van der Waals surface area contributed by atoms with Crippen molar-refractivity contribution >= 4 is 23.2 Å². The number of amides is 2. The number of fused-ring (bicyclic) bond motifs is 1. The van der Waals surface area contributed by atoms with Crippen LogP contribution in [0.5, 0.6) is 0 Å². The number of anilines is 2. The molecule has 2 atom stereocenters. The third-order valence-corrected chi connectivity index (χ3v) is 5.45. The molecule has 3 aromatic carbocycles. The molecular formula is C25H26N4O2. The van der Waals surface area contributed by atoms with Gasteiger partial charge in [0.25, 0.3) is 0 Å². The molecule has 1 heterocycles. The first-order chi connectivity index (χ1) is 14.9. The lowest BCUT2D eigenvalue weighted by molar-refractivity contribution is -0.117. The van der Waals surface area contributed by atoms with E-state index in [1.807, 2.05) is 62.6 Å². The molecule has 4 rings (SSSR count). The molecule has 4 N–H and O–H groups in total. The van der Waals surface area contributed by atoms with Gasteiger partial charge in [0.05, 0.1) is 12.0 Å². The van der Waals surface area contributed by atoms with Crippen LogP contribution in [-0.2, 0) is 11.3 Å². The number of benzene rings is 3. The molecule has 1 aliphatic heterocycles. The van der Waals surface area contributed by atoms with Crippen LogP contribution >= 0.6 is 0 Å². The first-order valence-electron chi connectivity index (χ1n) is 10.2. The first-order valence-corrected chi connectivity index (χ1v) is 10.2. The fraction of sp³-hybridized carbons (Fsp3) is 0.200. The van der Waals surface area contributed by atoms with E-state index >= 15 is 0 Å². The van der Waals surface area contributed by atoms with E-state index in [9.17, 15) is 9.59 Å². The number of hydrogen-bond donors (Lipinski definition) is 3. The molecule has 0 saturated heterocycles. The van der Waals surface area contributed by atoms with Crippen molar-refractivity contribution in [1.82, 2.24) is 4.90 Å². The zero-order valence-corrected chi connectivity index (χ0v) is 17.6. The minimum Gasteiger partial charge on any atom is -0.377 e. The van der Waals surface area contributed by atoms with Crippen molar-refractivity contribution in [2.24, 2.45) is 5.73 Å². The molecule has 6 heteroatoms. The SMILES string of the molecule is CN(C)Cc1cccc(NC(c2ccccc2)C2C(=O)Nc3cc(C(N)=O)ccc32)c1. The van der Waals surface area contributed by atoms with Gasteiger partial charge >= 0.3 is 0 Å². The van der Waals surface area contributed by atoms with E-state index in [0.717, 1.165) is 23.4 Å². The number of primary amides is 1. The summed E-state index contributed by atoms with van der Waals surface area (Å²) in [5.41, 5.74) is 10.4. The zero-order chi connectivity index (χ0) is 22.0. The summed E-state index contributed by atoms with van der Waals surface area (Å²) in [4.78, 5) is 26.7. The van der Waals surface area contributed by atoms with Gasteiger partial charge in [-0.3, -0.25) is 9.59 Å². The Bertz CT molecular complexity index is 1110. The Kier molecular flexibility index (Phi) is 5.73. The number of carbonyl (C=O) groups is 2. The third-order valence-electron chi connectivity index (χ3n) is 5.45. The van der Waals surface area contributed by atoms with Crippen LogP contribution in [0.1, 0.15) is 39.0 Å². The van der Waals surface area contributed by atoms with Crippen LogP contribution in [-0.4, -0.2) is 30.8 Å². The van der Waals surface area contributed by atoms with E-state index in [2.05, 4.69) is 27.7 Å². The quantitative estimate of drug-likeness (QED) is 0.550. The first kappa shape index (κ1) is 20.6. The van der Waals surface area contributed by atoms with E-state index in [1.165, 1.54) is 5.56 Å². The standard InChI is InChI=1S/C25H26N4O2/c1-29(2)15-16-7-6-10-19(13-16)27-23(17-8-4-3-5-9-17)22-20-12-11-18(24(26)30)14-21(20)28-25(22)31/h3-14,22-23,27H,15H2,1-2H3,(H2,26,30)(H,28,31). The predicted molar refractivity (Wildman–Crippen MR) is 123 cm³/mol. The topological polar surface area (TPSA) is 87.5 Å². The Morgan fingerprint density at radius 1 is 1.06 bits per heavy atom. The molecule has 0 saturated carbocycles. The smallest absolute Gasteiger partial charge is 0.248 e. The molecule has 0 fully saturated rings. The summed E-state index contributed by atoms with van der Waals surface area (Å²) >= 11 is 0. The van der Waals surface area contributed by atoms with Gasteiger partial charge in [-0.2, -0.15) is 0 Å². The molecule has 2 amide bonds. The van der Waals surface area contributed by atoms with Crippen LogP contribution in [0.15, 0.2) is 72.8 Å². The fourth-order valence-electron chi connectivity index (χ4n) is 4.10. The molecule has 0 radical (unpaired) electrons. The van der Waals surface area contributed by atoms with E-state index in [1.54, 1.807) is 12.1 Å². The molecule has 158 valence electrons. The Labute approximate surface area is 182 Å². The van der Waals surface area contributed by atoms with Crippen molar-refractivity contribution in [3.05, 3.63) is 95.1 Å². The lowest BCUT2D eigenvalue weighted by Crippen LogP contribution is -2.25. The second kappa shape index (κ2) is 8.62. The summed E-state index contributed by atoms with van der Waals surface area (Å²) in [7, 11) is 4.07. The molecule has 0 bridgehead atoms. The summed E-state index contributed by atoms with van der Waals surface area (Å²) in [6.07, 6.45) is 0. The monoisotopic (exact) mass is 414 g/mol. The predicted octanol–water partition coefficient (Wildman–Crippen LogP) is 3.74. The molecule has 6 nitrogen and oxygen atoms in total. The minimum atomic E-state index is -0.518. The Balaban J connectivity index is 1.72. The summed E-state index contributed by atoms with van der Waals surface area (Å²) in [6, 6.07) is 23.0. The van der Waals surface area contributed by atoms with E-state index in [-0.39, 0.29) is 11.9 Å². The zero-order valence-electron chi connectivity index (χ0n) is 17.6. The number of nitrogens with zero attached hydrogens (tertiary/aromatic N) is 1. The van der Waals surface area contributed by atoms with Crippen molar-refractivity contribution < 1.29 is 9.59 Å². The maximum Gasteiger partial charge on any atom is 0.248 e. The van der Waals surface area contributed by atoms with E-state index in [4.69, 9.17) is 5.73 Å². The highest BCUT2D eigenvalue weighted by Gasteiger charge is 2.38. The van der Waals surface area contributed by atoms with Gasteiger partial charge in [-0.1, -0.05) is 48.5 Å². The maximum atomic E-state index is 13.1. The molecule has 0 spiro atoms. The van der Waals surface area contributed by atoms with Crippen LogP contribution in [0.4, 0.5) is 11.4 Å². The van der Waals surface area contributed by atoms with Crippen molar-refractivity contribution in [1.29, 1.82) is 0 Å². The minimum absolute atomic E-state index is 0.109. The normalized spacial score (nSPS) is 16.0.